The fourth-order valence-corrected chi connectivity index (χ4v) is 5.14. The van der Waals surface area contributed by atoms with Crippen LogP contribution in [0.5, 0.6) is 0 Å². The van der Waals surface area contributed by atoms with Crippen LogP contribution in [-0.4, -0.2) is 15.8 Å². The van der Waals surface area contributed by atoms with Crippen LogP contribution in [0.2, 0.25) is 10.0 Å². The molecule has 0 fully saturated rings. The largest absolute Gasteiger partial charge is 0.382 e. The normalized spacial score (nSPS) is 10.8. The Morgan fingerprint density at radius 3 is 2.52 bits per heavy atom. The average molecular weight is 487 g/mol. The van der Waals surface area contributed by atoms with E-state index in [1.807, 2.05) is 36.4 Å². The van der Waals surface area contributed by atoms with Gasteiger partial charge in [0, 0.05) is 28.7 Å². The van der Waals surface area contributed by atoms with E-state index in [1.54, 1.807) is 42.4 Å². The number of hydrogen-bond acceptors (Lipinski definition) is 7. The molecule has 3 N–H and O–H groups in total. The summed E-state index contributed by atoms with van der Waals surface area (Å²) in [5.41, 5.74) is 8.29. The van der Waals surface area contributed by atoms with Gasteiger partial charge in [-0.15, -0.1) is 11.8 Å². The lowest BCUT2D eigenvalue weighted by atomic mass is 10.1. The number of nitrogens with one attached hydrogen (secondary N) is 1. The van der Waals surface area contributed by atoms with Crippen molar-refractivity contribution < 1.29 is 4.79 Å². The summed E-state index contributed by atoms with van der Waals surface area (Å²) in [6.07, 6.45) is 3.57. The SMILES string of the molecule is Nc1nc(Nc2cccc(SCc3ccncc3)c2)sc1C(=O)c1c(Cl)cccc1Cl. The minimum Gasteiger partial charge on any atom is -0.382 e. The zero-order chi connectivity index (χ0) is 21.8. The van der Waals surface area contributed by atoms with E-state index in [4.69, 9.17) is 28.9 Å². The monoisotopic (exact) mass is 486 g/mol. The van der Waals surface area contributed by atoms with Crippen LogP contribution in [0, 0.1) is 0 Å². The standard InChI is InChI=1S/C22H16Cl2N4OS2/c23-16-5-2-6-17(24)18(16)19(29)20-21(25)28-22(31-20)27-14-3-1-4-15(11-14)30-12-13-7-9-26-10-8-13/h1-11H,12,25H2,(H,27,28). The molecule has 31 heavy (non-hydrogen) atoms. The lowest BCUT2D eigenvalue weighted by Gasteiger charge is -2.06. The molecular formula is C22H16Cl2N4OS2. The smallest absolute Gasteiger partial charge is 0.209 e. The van der Waals surface area contributed by atoms with Crippen LogP contribution in [0.15, 0.2) is 71.9 Å². The predicted molar refractivity (Wildman–Crippen MR) is 130 cm³/mol. The molecule has 0 bridgehead atoms. The van der Waals surface area contributed by atoms with Gasteiger partial charge in [-0.2, -0.15) is 0 Å². The zero-order valence-corrected chi connectivity index (χ0v) is 19.2. The third-order valence-corrected chi connectivity index (χ3v) is 6.97. The number of hydrogen-bond donors (Lipinski definition) is 2. The summed E-state index contributed by atoms with van der Waals surface area (Å²) in [5.74, 6) is 0.630. The minimum atomic E-state index is -0.347. The number of aromatic nitrogens is 2. The van der Waals surface area contributed by atoms with Crippen molar-refractivity contribution in [3.05, 3.63) is 93.0 Å². The van der Waals surface area contributed by atoms with E-state index in [-0.39, 0.29) is 27.2 Å². The first-order chi connectivity index (χ1) is 15.0. The van der Waals surface area contributed by atoms with Gasteiger partial charge < -0.3 is 11.1 Å². The van der Waals surface area contributed by atoms with Crippen LogP contribution in [0.3, 0.4) is 0 Å². The Kier molecular flexibility index (Phi) is 6.77. The number of pyridine rings is 1. The first-order valence-corrected chi connectivity index (χ1v) is 11.7. The van der Waals surface area contributed by atoms with Gasteiger partial charge in [0.15, 0.2) is 5.13 Å². The molecule has 9 heteroatoms. The van der Waals surface area contributed by atoms with Crippen molar-refractivity contribution in [3.8, 4) is 0 Å². The Morgan fingerprint density at radius 1 is 1.06 bits per heavy atom. The number of nitrogens with two attached hydrogens (primary N) is 1. The van der Waals surface area contributed by atoms with Crippen LogP contribution < -0.4 is 11.1 Å². The van der Waals surface area contributed by atoms with Crippen molar-refractivity contribution in [3.63, 3.8) is 0 Å². The van der Waals surface area contributed by atoms with E-state index in [1.165, 1.54) is 5.56 Å². The molecule has 0 radical (unpaired) electrons. The molecule has 5 nitrogen and oxygen atoms in total. The Bertz CT molecular complexity index is 1210. The lowest BCUT2D eigenvalue weighted by Crippen LogP contribution is -2.04. The summed E-state index contributed by atoms with van der Waals surface area (Å²) < 4.78 is 0. The van der Waals surface area contributed by atoms with Crippen molar-refractivity contribution >= 4 is 68.7 Å². The third-order valence-electron chi connectivity index (χ3n) is 4.29. The highest BCUT2D eigenvalue weighted by Gasteiger charge is 2.22. The van der Waals surface area contributed by atoms with Gasteiger partial charge in [-0.05, 0) is 48.0 Å². The Balaban J connectivity index is 1.50. The number of nitrogens with zero attached hydrogens (tertiary/aromatic N) is 2. The zero-order valence-electron chi connectivity index (χ0n) is 16.0. The third kappa shape index (κ3) is 5.19. The fourth-order valence-electron chi connectivity index (χ4n) is 2.81. The van der Waals surface area contributed by atoms with Gasteiger partial charge in [-0.25, -0.2) is 4.98 Å². The summed E-state index contributed by atoms with van der Waals surface area (Å²) in [5, 5.41) is 4.29. The highest BCUT2D eigenvalue weighted by Crippen LogP contribution is 2.34. The van der Waals surface area contributed by atoms with Gasteiger partial charge in [0.25, 0.3) is 0 Å². The summed E-state index contributed by atoms with van der Waals surface area (Å²) in [7, 11) is 0. The molecule has 0 spiro atoms. The average Bonchev–Trinajstić information content (AvgIpc) is 3.13. The van der Waals surface area contributed by atoms with Crippen molar-refractivity contribution in [1.82, 2.24) is 9.97 Å². The molecule has 2 aromatic carbocycles. The summed E-state index contributed by atoms with van der Waals surface area (Å²) in [4.78, 5) is 22.7. The number of thioether (sulfide) groups is 1. The number of ketones is 1. The minimum absolute atomic E-state index is 0.136. The second-order valence-corrected chi connectivity index (χ2v) is 9.32. The van der Waals surface area contributed by atoms with E-state index < -0.39 is 0 Å². The maximum Gasteiger partial charge on any atom is 0.209 e. The molecule has 0 aliphatic heterocycles. The summed E-state index contributed by atoms with van der Waals surface area (Å²) >= 11 is 15.2. The number of carbonyl (C=O) groups excluding carboxylic acids is 1. The van der Waals surface area contributed by atoms with Crippen LogP contribution in [0.1, 0.15) is 20.8 Å². The molecule has 0 unspecified atom stereocenters. The molecular weight excluding hydrogens is 471 g/mol. The van der Waals surface area contributed by atoms with Crippen LogP contribution in [0.4, 0.5) is 16.6 Å². The van der Waals surface area contributed by atoms with Crippen LogP contribution >= 0.6 is 46.3 Å². The van der Waals surface area contributed by atoms with Gasteiger partial charge >= 0.3 is 0 Å². The Labute approximate surface area is 197 Å². The van der Waals surface area contributed by atoms with Crippen molar-refractivity contribution in [1.29, 1.82) is 0 Å². The number of benzene rings is 2. The number of rotatable bonds is 7. The van der Waals surface area contributed by atoms with Gasteiger partial charge in [0.1, 0.15) is 10.7 Å². The van der Waals surface area contributed by atoms with E-state index in [9.17, 15) is 4.79 Å². The van der Waals surface area contributed by atoms with Gasteiger partial charge in [-0.1, -0.05) is 46.7 Å². The van der Waals surface area contributed by atoms with Crippen LogP contribution in [-0.2, 0) is 5.75 Å². The van der Waals surface area contributed by atoms with Crippen molar-refractivity contribution in [2.24, 2.45) is 0 Å². The number of anilines is 3. The number of nitrogen functional groups attached to an aromatic ring is 1. The van der Waals surface area contributed by atoms with E-state index in [0.29, 0.717) is 10.0 Å². The van der Waals surface area contributed by atoms with Crippen LogP contribution in [0.25, 0.3) is 0 Å². The quantitative estimate of drug-likeness (QED) is 0.223. The second-order valence-electron chi connectivity index (χ2n) is 6.46. The number of carbonyl (C=O) groups is 1. The first kappa shape index (κ1) is 21.6. The van der Waals surface area contributed by atoms with E-state index in [0.717, 1.165) is 27.7 Å². The van der Waals surface area contributed by atoms with Gasteiger partial charge in [-0.3, -0.25) is 9.78 Å². The Hall–Kier alpha value is -2.58. The number of halogens is 2. The fraction of sp³-hybridized carbons (Fsp3) is 0.0455. The molecule has 2 aromatic heterocycles. The molecule has 0 saturated heterocycles. The molecule has 2 heterocycles. The first-order valence-electron chi connectivity index (χ1n) is 9.15. The molecule has 4 rings (SSSR count). The van der Waals surface area contributed by atoms with E-state index >= 15 is 0 Å². The van der Waals surface area contributed by atoms with Crippen molar-refractivity contribution in [2.75, 3.05) is 11.1 Å². The van der Waals surface area contributed by atoms with Crippen molar-refractivity contribution in [2.45, 2.75) is 10.6 Å². The van der Waals surface area contributed by atoms with Gasteiger partial charge in [0.05, 0.1) is 15.6 Å². The molecule has 156 valence electrons. The predicted octanol–water partition coefficient (Wildman–Crippen LogP) is 6.69. The molecule has 0 aliphatic carbocycles. The maximum atomic E-state index is 12.9. The molecule has 0 atom stereocenters. The summed E-state index contributed by atoms with van der Waals surface area (Å²) in [6.45, 7) is 0. The Morgan fingerprint density at radius 2 is 1.77 bits per heavy atom. The molecule has 0 aliphatic rings. The highest BCUT2D eigenvalue weighted by atomic mass is 35.5. The molecule has 0 saturated carbocycles. The van der Waals surface area contributed by atoms with E-state index in [2.05, 4.69) is 15.3 Å². The molecule has 0 amide bonds. The lowest BCUT2D eigenvalue weighted by molar-refractivity contribution is 0.104. The number of thiazole rings is 1. The van der Waals surface area contributed by atoms with Gasteiger partial charge in [0.2, 0.25) is 5.78 Å². The highest BCUT2D eigenvalue weighted by molar-refractivity contribution is 7.98. The maximum absolute atomic E-state index is 12.9. The second kappa shape index (κ2) is 9.70. The summed E-state index contributed by atoms with van der Waals surface area (Å²) in [6, 6.07) is 16.9. The topological polar surface area (TPSA) is 80.9 Å². The molecule has 4 aromatic rings.